The van der Waals surface area contributed by atoms with Gasteiger partial charge in [0, 0.05) is 38.3 Å². The number of ether oxygens (including phenoxy) is 1. The monoisotopic (exact) mass is 268 g/mol. The molecule has 19 heavy (non-hydrogen) atoms. The molecule has 0 aliphatic carbocycles. The van der Waals surface area contributed by atoms with Crippen LogP contribution >= 0.6 is 0 Å². The van der Waals surface area contributed by atoms with Crippen LogP contribution in [0.4, 0.5) is 0 Å². The lowest BCUT2D eigenvalue weighted by molar-refractivity contribution is 0.0541. The molecule has 0 bridgehead atoms. The Bertz CT molecular complexity index is 259. The molecule has 1 N–H and O–H groups in total. The summed E-state index contributed by atoms with van der Waals surface area (Å²) < 4.78 is 5.86. The van der Waals surface area contributed by atoms with Gasteiger partial charge in [0.1, 0.15) is 0 Å². The number of nitrogens with one attached hydrogen (secondary N) is 1. The maximum absolute atomic E-state index is 5.86. The van der Waals surface area contributed by atoms with Crippen LogP contribution in [0.2, 0.25) is 0 Å². The third-order valence-electron chi connectivity index (χ3n) is 4.94. The van der Waals surface area contributed by atoms with Crippen molar-refractivity contribution in [2.75, 3.05) is 26.2 Å². The zero-order valence-electron chi connectivity index (χ0n) is 13.0. The summed E-state index contributed by atoms with van der Waals surface area (Å²) in [5.74, 6) is 0.763. The number of hydrogen-bond acceptors (Lipinski definition) is 3. The molecule has 0 aromatic heterocycles. The average molecular weight is 268 g/mol. The predicted molar refractivity (Wildman–Crippen MR) is 80.5 cm³/mol. The van der Waals surface area contributed by atoms with Gasteiger partial charge in [-0.2, -0.15) is 0 Å². The summed E-state index contributed by atoms with van der Waals surface area (Å²) in [5, 5.41) is 3.73. The van der Waals surface area contributed by atoms with Crippen LogP contribution in [0.1, 0.15) is 52.9 Å². The lowest BCUT2D eigenvalue weighted by Crippen LogP contribution is -2.57. The van der Waals surface area contributed by atoms with Gasteiger partial charge in [0.15, 0.2) is 0 Å². The third kappa shape index (κ3) is 3.93. The van der Waals surface area contributed by atoms with Crippen LogP contribution in [0.5, 0.6) is 0 Å². The van der Waals surface area contributed by atoms with Crippen molar-refractivity contribution < 1.29 is 4.74 Å². The second-order valence-corrected chi connectivity index (χ2v) is 6.28. The van der Waals surface area contributed by atoms with Crippen molar-refractivity contribution >= 4 is 0 Å². The number of nitrogens with zero attached hydrogens (tertiary/aromatic N) is 1. The maximum atomic E-state index is 5.86. The molecule has 4 unspecified atom stereocenters. The van der Waals surface area contributed by atoms with E-state index < -0.39 is 0 Å². The molecule has 3 heteroatoms. The van der Waals surface area contributed by atoms with Crippen molar-refractivity contribution in [1.82, 2.24) is 10.2 Å². The zero-order chi connectivity index (χ0) is 13.7. The quantitative estimate of drug-likeness (QED) is 0.801. The Morgan fingerprint density at radius 3 is 2.74 bits per heavy atom. The Kier molecular flexibility index (Phi) is 6.11. The number of hydrogen-bond donors (Lipinski definition) is 1. The van der Waals surface area contributed by atoms with Gasteiger partial charge in [-0.15, -0.1) is 0 Å². The van der Waals surface area contributed by atoms with Gasteiger partial charge in [-0.1, -0.05) is 27.2 Å². The van der Waals surface area contributed by atoms with Gasteiger partial charge in [-0.3, -0.25) is 4.90 Å². The van der Waals surface area contributed by atoms with Gasteiger partial charge in [0.2, 0.25) is 0 Å². The highest BCUT2D eigenvalue weighted by atomic mass is 16.5. The summed E-state index contributed by atoms with van der Waals surface area (Å²) in [7, 11) is 0. The summed E-state index contributed by atoms with van der Waals surface area (Å²) in [5.41, 5.74) is 0. The first kappa shape index (κ1) is 15.3. The van der Waals surface area contributed by atoms with E-state index in [1.807, 2.05) is 0 Å². The molecule has 112 valence electrons. The van der Waals surface area contributed by atoms with E-state index in [1.54, 1.807) is 0 Å². The molecule has 2 rings (SSSR count). The molecule has 0 spiro atoms. The fraction of sp³-hybridized carbons (Fsp3) is 1.00. The zero-order valence-corrected chi connectivity index (χ0v) is 13.0. The number of rotatable bonds is 6. The van der Waals surface area contributed by atoms with Crippen molar-refractivity contribution in [3.05, 3.63) is 0 Å². The van der Waals surface area contributed by atoms with Crippen LogP contribution in [-0.2, 0) is 4.74 Å². The van der Waals surface area contributed by atoms with E-state index in [0.29, 0.717) is 12.1 Å². The Morgan fingerprint density at radius 1 is 1.21 bits per heavy atom. The Labute approximate surface area is 119 Å². The molecular weight excluding hydrogens is 236 g/mol. The first-order valence-electron chi connectivity index (χ1n) is 8.37. The standard InChI is InChI=1S/C16H32N2O/c1-4-7-14-12-18(15(5-2)10-17-14)11-13-8-9-19-16(13)6-3/h13-17H,4-12H2,1-3H3. The minimum absolute atomic E-state index is 0.511. The SMILES string of the molecule is CCCC1CN(CC2CCOC2CC)C(CC)CN1. The van der Waals surface area contributed by atoms with Crippen molar-refractivity contribution in [2.24, 2.45) is 5.92 Å². The van der Waals surface area contributed by atoms with E-state index in [0.717, 1.165) is 18.6 Å². The van der Waals surface area contributed by atoms with E-state index >= 15 is 0 Å². The van der Waals surface area contributed by atoms with E-state index in [2.05, 4.69) is 31.0 Å². The minimum Gasteiger partial charge on any atom is -0.378 e. The first-order chi connectivity index (χ1) is 9.28. The Morgan fingerprint density at radius 2 is 2.05 bits per heavy atom. The second kappa shape index (κ2) is 7.61. The van der Waals surface area contributed by atoms with Gasteiger partial charge >= 0.3 is 0 Å². The second-order valence-electron chi connectivity index (χ2n) is 6.28. The minimum atomic E-state index is 0.511. The highest BCUT2D eigenvalue weighted by Crippen LogP contribution is 2.26. The molecule has 2 saturated heterocycles. The van der Waals surface area contributed by atoms with Crippen LogP contribution in [0.15, 0.2) is 0 Å². The van der Waals surface area contributed by atoms with Crippen LogP contribution in [0.25, 0.3) is 0 Å². The summed E-state index contributed by atoms with van der Waals surface area (Å²) in [6.45, 7) is 11.5. The summed E-state index contributed by atoms with van der Waals surface area (Å²) in [6.07, 6.45) is 6.80. The smallest absolute Gasteiger partial charge is 0.0613 e. The molecule has 3 nitrogen and oxygen atoms in total. The van der Waals surface area contributed by atoms with Crippen molar-refractivity contribution in [3.8, 4) is 0 Å². The molecule has 0 saturated carbocycles. The number of piperazine rings is 1. The normalized spacial score (nSPS) is 36.8. The molecule has 4 atom stereocenters. The third-order valence-corrected chi connectivity index (χ3v) is 4.94. The molecular formula is C16H32N2O. The van der Waals surface area contributed by atoms with Crippen LogP contribution in [-0.4, -0.2) is 49.3 Å². The van der Waals surface area contributed by atoms with Crippen molar-refractivity contribution in [1.29, 1.82) is 0 Å². The van der Waals surface area contributed by atoms with Crippen molar-refractivity contribution in [3.63, 3.8) is 0 Å². The topological polar surface area (TPSA) is 24.5 Å². The van der Waals surface area contributed by atoms with Gasteiger partial charge in [-0.25, -0.2) is 0 Å². The van der Waals surface area contributed by atoms with Crippen LogP contribution in [0.3, 0.4) is 0 Å². The van der Waals surface area contributed by atoms with Gasteiger partial charge in [-0.05, 0) is 31.6 Å². The van der Waals surface area contributed by atoms with Crippen LogP contribution in [0, 0.1) is 5.92 Å². The lowest BCUT2D eigenvalue weighted by atomic mass is 9.96. The van der Waals surface area contributed by atoms with Gasteiger partial charge < -0.3 is 10.1 Å². The molecule has 2 aliphatic heterocycles. The summed E-state index contributed by atoms with van der Waals surface area (Å²) in [6, 6.07) is 1.43. The summed E-state index contributed by atoms with van der Waals surface area (Å²) >= 11 is 0. The molecule has 2 fully saturated rings. The largest absolute Gasteiger partial charge is 0.378 e. The van der Waals surface area contributed by atoms with E-state index in [9.17, 15) is 0 Å². The molecule has 2 aliphatic rings. The average Bonchev–Trinajstić information content (AvgIpc) is 2.87. The Balaban J connectivity index is 1.90. The highest BCUT2D eigenvalue weighted by molar-refractivity contribution is 4.88. The van der Waals surface area contributed by atoms with Crippen LogP contribution < -0.4 is 5.32 Å². The van der Waals surface area contributed by atoms with Gasteiger partial charge in [0.25, 0.3) is 0 Å². The maximum Gasteiger partial charge on any atom is 0.0613 e. The first-order valence-corrected chi connectivity index (χ1v) is 8.37. The fourth-order valence-electron chi connectivity index (χ4n) is 3.75. The van der Waals surface area contributed by atoms with Gasteiger partial charge in [0.05, 0.1) is 6.10 Å². The van der Waals surface area contributed by atoms with E-state index in [-0.39, 0.29) is 0 Å². The van der Waals surface area contributed by atoms with E-state index in [4.69, 9.17) is 4.74 Å². The van der Waals surface area contributed by atoms with Crippen molar-refractivity contribution in [2.45, 2.75) is 71.1 Å². The summed E-state index contributed by atoms with van der Waals surface area (Å²) in [4.78, 5) is 2.75. The molecule has 0 aromatic rings. The molecule has 2 heterocycles. The highest BCUT2D eigenvalue weighted by Gasteiger charge is 2.33. The predicted octanol–water partition coefficient (Wildman–Crippen LogP) is 2.65. The molecule has 0 amide bonds. The van der Waals surface area contributed by atoms with E-state index in [1.165, 1.54) is 51.7 Å². The lowest BCUT2D eigenvalue weighted by Gasteiger charge is -2.42. The molecule has 0 radical (unpaired) electrons. The Hall–Kier alpha value is -0.120. The fourth-order valence-corrected chi connectivity index (χ4v) is 3.75. The molecule has 0 aromatic carbocycles.